The second-order valence-corrected chi connectivity index (χ2v) is 10.5. The first kappa shape index (κ1) is 26.9. The molecule has 2 aliphatic rings. The Morgan fingerprint density at radius 3 is 2.38 bits per heavy atom. The minimum Gasteiger partial charge on any atom is -0.351 e. The second kappa shape index (κ2) is 11.6. The first-order valence-corrected chi connectivity index (χ1v) is 13.4. The van der Waals surface area contributed by atoms with Crippen LogP contribution < -0.4 is 16.0 Å². The van der Waals surface area contributed by atoms with Gasteiger partial charge in [-0.2, -0.15) is 13.2 Å². The van der Waals surface area contributed by atoms with Crippen LogP contribution in [0.2, 0.25) is 0 Å². The summed E-state index contributed by atoms with van der Waals surface area (Å²) in [6.07, 6.45) is 2.56. The number of hydrogen-bond donors (Lipinski definition) is 3. The van der Waals surface area contributed by atoms with Gasteiger partial charge in [-0.1, -0.05) is 36.4 Å². The van der Waals surface area contributed by atoms with Crippen LogP contribution in [0.15, 0.2) is 65.7 Å². The fourth-order valence-corrected chi connectivity index (χ4v) is 5.42. The van der Waals surface area contributed by atoms with Gasteiger partial charge >= 0.3 is 6.18 Å². The zero-order valence-electron chi connectivity index (χ0n) is 20.8. The van der Waals surface area contributed by atoms with Crippen molar-refractivity contribution in [2.24, 2.45) is 0 Å². The van der Waals surface area contributed by atoms with Crippen molar-refractivity contribution < 1.29 is 22.8 Å². The quantitative estimate of drug-likeness (QED) is 0.309. The van der Waals surface area contributed by atoms with Crippen LogP contribution in [0.4, 0.5) is 23.9 Å². The van der Waals surface area contributed by atoms with E-state index < -0.39 is 22.9 Å². The average molecular weight is 554 g/mol. The van der Waals surface area contributed by atoms with Gasteiger partial charge in [-0.15, -0.1) is 0 Å². The first-order valence-electron chi connectivity index (χ1n) is 12.6. The lowest BCUT2D eigenvalue weighted by molar-refractivity contribution is -0.137. The highest BCUT2D eigenvalue weighted by molar-refractivity contribution is 8.18. The molecule has 1 aromatic heterocycles. The number of rotatable bonds is 7. The predicted octanol–water partition coefficient (Wildman–Crippen LogP) is 6.00. The SMILES string of the molecule is O=C1NC(=O)C(=Cc2ccnc(N[C@H]3CC[C@H](NCc4ccccc4-c4ccc(C(F)(F)F)cc4)CC3)n2)S1. The lowest BCUT2D eigenvalue weighted by Crippen LogP contribution is -2.37. The number of aromatic nitrogens is 2. The third kappa shape index (κ3) is 6.85. The molecule has 2 heterocycles. The Hall–Kier alpha value is -3.70. The van der Waals surface area contributed by atoms with Crippen molar-refractivity contribution in [3.05, 3.63) is 82.5 Å². The van der Waals surface area contributed by atoms with E-state index in [1.54, 1.807) is 18.3 Å². The molecule has 5 rings (SSSR count). The maximum atomic E-state index is 12.9. The molecule has 2 fully saturated rings. The van der Waals surface area contributed by atoms with Gasteiger partial charge in [-0.3, -0.25) is 14.9 Å². The van der Waals surface area contributed by atoms with Crippen molar-refractivity contribution in [2.75, 3.05) is 5.32 Å². The summed E-state index contributed by atoms with van der Waals surface area (Å²) in [4.78, 5) is 32.2. The summed E-state index contributed by atoms with van der Waals surface area (Å²) in [5.41, 5.74) is 2.59. The Morgan fingerprint density at radius 1 is 0.974 bits per heavy atom. The van der Waals surface area contributed by atoms with Crippen molar-refractivity contribution >= 4 is 34.9 Å². The number of benzene rings is 2. The van der Waals surface area contributed by atoms with Crippen molar-refractivity contribution in [1.82, 2.24) is 20.6 Å². The summed E-state index contributed by atoms with van der Waals surface area (Å²) in [5, 5.41) is 8.81. The van der Waals surface area contributed by atoms with Gasteiger partial charge in [0, 0.05) is 24.8 Å². The molecular formula is C28H26F3N5O2S. The van der Waals surface area contributed by atoms with Gasteiger partial charge in [0.05, 0.1) is 16.2 Å². The van der Waals surface area contributed by atoms with Crippen molar-refractivity contribution in [3.8, 4) is 11.1 Å². The fourth-order valence-electron chi connectivity index (χ4n) is 4.75. The van der Waals surface area contributed by atoms with E-state index >= 15 is 0 Å². The van der Waals surface area contributed by atoms with E-state index in [9.17, 15) is 22.8 Å². The molecule has 3 N–H and O–H groups in total. The minimum absolute atomic E-state index is 0.205. The number of hydrogen-bond acceptors (Lipinski definition) is 7. The number of halogens is 3. The monoisotopic (exact) mass is 553 g/mol. The molecule has 1 saturated carbocycles. The van der Waals surface area contributed by atoms with Crippen LogP contribution in [0.3, 0.4) is 0 Å². The molecule has 1 aliphatic carbocycles. The number of nitrogens with zero attached hydrogens (tertiary/aromatic N) is 2. The van der Waals surface area contributed by atoms with Gasteiger partial charge in [-0.05, 0) is 78.4 Å². The molecular weight excluding hydrogens is 527 g/mol. The van der Waals surface area contributed by atoms with Crippen LogP contribution in [0, 0.1) is 0 Å². The molecule has 0 bridgehead atoms. The minimum atomic E-state index is -4.35. The molecule has 1 aliphatic heterocycles. The maximum Gasteiger partial charge on any atom is 0.416 e. The van der Waals surface area contributed by atoms with Gasteiger partial charge in [0.25, 0.3) is 11.1 Å². The second-order valence-electron chi connectivity index (χ2n) is 9.46. The van der Waals surface area contributed by atoms with Crippen LogP contribution in [0.1, 0.15) is 42.5 Å². The number of imide groups is 1. The number of anilines is 1. The normalized spacial score (nSPS) is 20.7. The molecule has 11 heteroatoms. The summed E-state index contributed by atoms with van der Waals surface area (Å²) < 4.78 is 38.8. The van der Waals surface area contributed by atoms with E-state index in [0.717, 1.165) is 66.3 Å². The molecule has 0 atom stereocenters. The molecule has 39 heavy (non-hydrogen) atoms. The third-order valence-electron chi connectivity index (χ3n) is 6.78. The predicted molar refractivity (Wildman–Crippen MR) is 145 cm³/mol. The van der Waals surface area contributed by atoms with Crippen LogP contribution in [-0.4, -0.2) is 33.2 Å². The van der Waals surface area contributed by atoms with Crippen molar-refractivity contribution in [3.63, 3.8) is 0 Å². The topological polar surface area (TPSA) is 96.0 Å². The largest absolute Gasteiger partial charge is 0.416 e. The highest BCUT2D eigenvalue weighted by Gasteiger charge is 2.30. The summed E-state index contributed by atoms with van der Waals surface area (Å²) in [6.45, 7) is 0.619. The standard InChI is InChI=1S/C28H26F3N5O2S/c29-28(30,31)19-7-5-17(6-8-19)23-4-2-1-3-18(23)16-33-20-9-11-21(12-10-20)34-26-32-14-13-22(35-26)15-24-25(37)36-27(38)39-24/h1-8,13-15,20-21,33H,9-12,16H2,(H,32,34,35)(H,36,37,38)/t20-,21-. The lowest BCUT2D eigenvalue weighted by Gasteiger charge is -2.30. The van der Waals surface area contributed by atoms with Crippen LogP contribution in [-0.2, 0) is 17.5 Å². The highest BCUT2D eigenvalue weighted by atomic mass is 32.2. The Balaban J connectivity index is 1.14. The van der Waals surface area contributed by atoms with Crippen LogP contribution >= 0.6 is 11.8 Å². The first-order chi connectivity index (χ1) is 18.7. The summed E-state index contributed by atoms with van der Waals surface area (Å²) in [5.74, 6) is 0.0480. The zero-order valence-corrected chi connectivity index (χ0v) is 21.6. The molecule has 1 saturated heterocycles. The number of nitrogens with one attached hydrogen (secondary N) is 3. The summed E-state index contributed by atoms with van der Waals surface area (Å²) >= 11 is 0.847. The third-order valence-corrected chi connectivity index (χ3v) is 7.59. The van der Waals surface area contributed by atoms with Gasteiger partial charge in [0.2, 0.25) is 5.95 Å². The Kier molecular flexibility index (Phi) is 7.99. The average Bonchev–Trinajstić information content (AvgIpc) is 3.24. The number of alkyl halides is 3. The molecule has 2 aromatic carbocycles. The van der Waals surface area contributed by atoms with Gasteiger partial charge in [0.1, 0.15) is 0 Å². The van der Waals surface area contributed by atoms with E-state index in [1.165, 1.54) is 12.1 Å². The Bertz CT molecular complexity index is 1390. The number of carbonyl (C=O) groups excluding carboxylic acids is 2. The van der Waals surface area contributed by atoms with Gasteiger partial charge in [-0.25, -0.2) is 9.97 Å². The number of thioether (sulfide) groups is 1. The fraction of sp³-hybridized carbons (Fsp3) is 0.286. The van der Waals surface area contributed by atoms with E-state index in [0.29, 0.717) is 29.1 Å². The molecule has 7 nitrogen and oxygen atoms in total. The van der Waals surface area contributed by atoms with E-state index in [2.05, 4.69) is 25.9 Å². The number of amides is 2. The van der Waals surface area contributed by atoms with E-state index in [-0.39, 0.29) is 6.04 Å². The molecule has 202 valence electrons. The van der Waals surface area contributed by atoms with Crippen molar-refractivity contribution in [1.29, 1.82) is 0 Å². The lowest BCUT2D eigenvalue weighted by atomic mass is 9.90. The van der Waals surface area contributed by atoms with E-state index in [1.807, 2.05) is 24.3 Å². The van der Waals surface area contributed by atoms with E-state index in [4.69, 9.17) is 0 Å². The molecule has 2 amide bonds. The van der Waals surface area contributed by atoms with Crippen LogP contribution in [0.5, 0.6) is 0 Å². The van der Waals surface area contributed by atoms with Crippen LogP contribution in [0.25, 0.3) is 17.2 Å². The Morgan fingerprint density at radius 2 is 1.69 bits per heavy atom. The maximum absolute atomic E-state index is 12.9. The van der Waals surface area contributed by atoms with Gasteiger partial charge < -0.3 is 10.6 Å². The Labute approximate surface area is 227 Å². The molecule has 0 radical (unpaired) electrons. The summed E-state index contributed by atoms with van der Waals surface area (Å²) in [7, 11) is 0. The highest BCUT2D eigenvalue weighted by Crippen LogP contribution is 2.32. The molecule has 0 spiro atoms. The summed E-state index contributed by atoms with van der Waals surface area (Å²) in [6, 6.07) is 15.2. The number of carbonyl (C=O) groups is 2. The zero-order chi connectivity index (χ0) is 27.4. The molecule has 0 unspecified atom stereocenters. The van der Waals surface area contributed by atoms with Gasteiger partial charge in [0.15, 0.2) is 0 Å². The molecule has 3 aromatic rings. The van der Waals surface area contributed by atoms with Crippen molar-refractivity contribution in [2.45, 2.75) is 50.5 Å². The smallest absolute Gasteiger partial charge is 0.351 e.